The quantitative estimate of drug-likeness (QED) is 0.709. The summed E-state index contributed by atoms with van der Waals surface area (Å²) in [5, 5.41) is 8.56. The molecule has 0 aromatic heterocycles. The zero-order valence-electron chi connectivity index (χ0n) is 10.7. The van der Waals surface area contributed by atoms with Gasteiger partial charge >= 0.3 is 5.97 Å². The van der Waals surface area contributed by atoms with Crippen LogP contribution in [0.4, 0.5) is 0 Å². The fraction of sp³-hybridized carbons (Fsp3) is 0.923. The van der Waals surface area contributed by atoms with Crippen molar-refractivity contribution in [2.75, 3.05) is 19.6 Å². The van der Waals surface area contributed by atoms with Crippen molar-refractivity contribution >= 4 is 5.97 Å². The van der Waals surface area contributed by atoms with E-state index < -0.39 is 5.97 Å². The molecule has 3 nitrogen and oxygen atoms in total. The second-order valence-electron chi connectivity index (χ2n) is 5.39. The summed E-state index contributed by atoms with van der Waals surface area (Å²) in [5.41, 5.74) is 0.491. The van der Waals surface area contributed by atoms with Gasteiger partial charge in [0.25, 0.3) is 0 Å². The number of carbonyl (C=O) groups is 1. The average molecular weight is 227 g/mol. The van der Waals surface area contributed by atoms with Gasteiger partial charge in [-0.05, 0) is 50.6 Å². The molecule has 1 unspecified atom stereocenters. The van der Waals surface area contributed by atoms with E-state index in [0.717, 1.165) is 19.4 Å². The fourth-order valence-corrected chi connectivity index (χ4v) is 2.52. The van der Waals surface area contributed by atoms with Crippen molar-refractivity contribution in [1.29, 1.82) is 0 Å². The normalized spacial score (nSPS) is 26.9. The number of nitrogens with zero attached hydrogens (tertiary/aromatic N) is 1. The third-order valence-electron chi connectivity index (χ3n) is 3.83. The van der Waals surface area contributed by atoms with E-state index in [-0.39, 0.29) is 0 Å². The van der Waals surface area contributed by atoms with Crippen molar-refractivity contribution in [1.82, 2.24) is 4.90 Å². The Morgan fingerprint density at radius 1 is 1.44 bits per heavy atom. The van der Waals surface area contributed by atoms with Gasteiger partial charge in [0, 0.05) is 13.0 Å². The molecule has 0 aromatic carbocycles. The Hall–Kier alpha value is -0.570. The van der Waals surface area contributed by atoms with Gasteiger partial charge in [-0.25, -0.2) is 0 Å². The van der Waals surface area contributed by atoms with Gasteiger partial charge in [-0.1, -0.05) is 13.8 Å². The fourth-order valence-electron chi connectivity index (χ4n) is 2.52. The lowest BCUT2D eigenvalue weighted by Gasteiger charge is -2.40. The van der Waals surface area contributed by atoms with Crippen molar-refractivity contribution in [3.8, 4) is 0 Å². The number of carboxylic acid groups (broad SMARTS) is 1. The number of likely N-dealkylation sites (tertiary alicyclic amines) is 1. The molecule has 0 saturated carbocycles. The molecule has 1 aliphatic rings. The number of unbranched alkanes of at least 4 members (excludes halogenated alkanes) is 1. The van der Waals surface area contributed by atoms with Crippen LogP contribution in [-0.4, -0.2) is 35.6 Å². The Morgan fingerprint density at radius 2 is 2.19 bits per heavy atom. The standard InChI is InChI=1S/C13H25NO2/c1-3-13(2)8-6-10-14(11-13)9-5-4-7-12(15)16/h3-11H2,1-2H3,(H,15,16). The molecular formula is C13H25NO2. The van der Waals surface area contributed by atoms with E-state index in [1.165, 1.54) is 32.4 Å². The summed E-state index contributed by atoms with van der Waals surface area (Å²) in [6, 6.07) is 0. The summed E-state index contributed by atoms with van der Waals surface area (Å²) in [5.74, 6) is -0.669. The van der Waals surface area contributed by atoms with Gasteiger partial charge < -0.3 is 10.0 Å². The van der Waals surface area contributed by atoms with E-state index in [9.17, 15) is 4.79 Å². The molecule has 0 aromatic rings. The van der Waals surface area contributed by atoms with Crippen LogP contribution < -0.4 is 0 Å². The highest BCUT2D eigenvalue weighted by Crippen LogP contribution is 2.32. The van der Waals surface area contributed by atoms with E-state index in [2.05, 4.69) is 18.7 Å². The monoisotopic (exact) mass is 227 g/mol. The lowest BCUT2D eigenvalue weighted by atomic mass is 9.79. The molecule has 0 spiro atoms. The van der Waals surface area contributed by atoms with Crippen LogP contribution in [-0.2, 0) is 4.79 Å². The number of rotatable bonds is 6. The molecule has 3 heteroatoms. The highest BCUT2D eigenvalue weighted by Gasteiger charge is 2.28. The Labute approximate surface area is 98.8 Å². The SMILES string of the molecule is CCC1(C)CCCN(CCCCC(=O)O)C1. The Kier molecular flexibility index (Phi) is 5.26. The summed E-state index contributed by atoms with van der Waals surface area (Å²) >= 11 is 0. The smallest absolute Gasteiger partial charge is 0.303 e. The van der Waals surface area contributed by atoms with E-state index in [0.29, 0.717) is 11.8 Å². The van der Waals surface area contributed by atoms with Crippen molar-refractivity contribution in [3.63, 3.8) is 0 Å². The minimum absolute atomic E-state index is 0.318. The molecule has 16 heavy (non-hydrogen) atoms. The van der Waals surface area contributed by atoms with Crippen LogP contribution in [0.15, 0.2) is 0 Å². The Balaban J connectivity index is 2.19. The van der Waals surface area contributed by atoms with Gasteiger partial charge in [-0.15, -0.1) is 0 Å². The zero-order valence-corrected chi connectivity index (χ0v) is 10.7. The van der Waals surface area contributed by atoms with Crippen LogP contribution in [0.5, 0.6) is 0 Å². The van der Waals surface area contributed by atoms with Gasteiger partial charge in [0.1, 0.15) is 0 Å². The maximum atomic E-state index is 10.4. The van der Waals surface area contributed by atoms with E-state index in [4.69, 9.17) is 5.11 Å². The largest absolute Gasteiger partial charge is 0.481 e. The lowest BCUT2D eigenvalue weighted by Crippen LogP contribution is -2.41. The van der Waals surface area contributed by atoms with Crippen LogP contribution in [0.1, 0.15) is 52.4 Å². The highest BCUT2D eigenvalue weighted by molar-refractivity contribution is 5.66. The number of hydrogen-bond donors (Lipinski definition) is 1. The van der Waals surface area contributed by atoms with Crippen LogP contribution in [0, 0.1) is 5.41 Å². The summed E-state index contributed by atoms with van der Waals surface area (Å²) in [4.78, 5) is 12.9. The number of piperidine rings is 1. The second-order valence-corrected chi connectivity index (χ2v) is 5.39. The van der Waals surface area contributed by atoms with Gasteiger partial charge in [0.05, 0.1) is 0 Å². The number of hydrogen-bond acceptors (Lipinski definition) is 2. The Bertz CT molecular complexity index is 230. The van der Waals surface area contributed by atoms with Gasteiger partial charge in [-0.3, -0.25) is 4.79 Å². The predicted molar refractivity (Wildman–Crippen MR) is 65.6 cm³/mol. The van der Waals surface area contributed by atoms with Gasteiger partial charge in [0.2, 0.25) is 0 Å². The molecule has 1 saturated heterocycles. The first-order chi connectivity index (χ1) is 7.56. The molecule has 1 fully saturated rings. The molecule has 1 heterocycles. The number of carboxylic acids is 1. The van der Waals surface area contributed by atoms with Crippen molar-refractivity contribution < 1.29 is 9.90 Å². The first-order valence-corrected chi connectivity index (χ1v) is 6.50. The molecule has 1 rings (SSSR count). The maximum Gasteiger partial charge on any atom is 0.303 e. The van der Waals surface area contributed by atoms with Crippen LogP contribution in [0.25, 0.3) is 0 Å². The predicted octanol–water partition coefficient (Wildman–Crippen LogP) is 2.75. The first kappa shape index (κ1) is 13.5. The highest BCUT2D eigenvalue weighted by atomic mass is 16.4. The molecular weight excluding hydrogens is 202 g/mol. The average Bonchev–Trinajstić information content (AvgIpc) is 2.24. The summed E-state index contributed by atoms with van der Waals surface area (Å²) in [6.07, 6.45) is 6.04. The molecule has 94 valence electrons. The topological polar surface area (TPSA) is 40.5 Å². The van der Waals surface area contributed by atoms with E-state index >= 15 is 0 Å². The van der Waals surface area contributed by atoms with E-state index in [1.54, 1.807) is 0 Å². The van der Waals surface area contributed by atoms with Crippen molar-refractivity contribution in [3.05, 3.63) is 0 Å². The van der Waals surface area contributed by atoms with Gasteiger partial charge in [-0.2, -0.15) is 0 Å². The molecule has 1 aliphatic heterocycles. The minimum Gasteiger partial charge on any atom is -0.481 e. The first-order valence-electron chi connectivity index (χ1n) is 6.50. The second kappa shape index (κ2) is 6.24. The zero-order chi connectivity index (χ0) is 12.0. The van der Waals surface area contributed by atoms with Crippen LogP contribution in [0.2, 0.25) is 0 Å². The van der Waals surface area contributed by atoms with Crippen LogP contribution >= 0.6 is 0 Å². The molecule has 1 atom stereocenters. The molecule has 0 radical (unpaired) electrons. The third kappa shape index (κ3) is 4.52. The van der Waals surface area contributed by atoms with Crippen molar-refractivity contribution in [2.45, 2.75) is 52.4 Å². The third-order valence-corrected chi connectivity index (χ3v) is 3.83. The van der Waals surface area contributed by atoms with E-state index in [1.807, 2.05) is 0 Å². The van der Waals surface area contributed by atoms with Crippen molar-refractivity contribution in [2.24, 2.45) is 5.41 Å². The van der Waals surface area contributed by atoms with Gasteiger partial charge in [0.15, 0.2) is 0 Å². The molecule has 0 aliphatic carbocycles. The molecule has 1 N–H and O–H groups in total. The summed E-state index contributed by atoms with van der Waals surface area (Å²) in [6.45, 7) is 8.10. The lowest BCUT2D eigenvalue weighted by molar-refractivity contribution is -0.137. The summed E-state index contributed by atoms with van der Waals surface area (Å²) in [7, 11) is 0. The maximum absolute atomic E-state index is 10.4. The Morgan fingerprint density at radius 3 is 2.81 bits per heavy atom. The summed E-state index contributed by atoms with van der Waals surface area (Å²) < 4.78 is 0. The minimum atomic E-state index is -0.669. The van der Waals surface area contributed by atoms with Crippen LogP contribution in [0.3, 0.4) is 0 Å². The molecule has 0 amide bonds. The molecule has 0 bridgehead atoms. The number of aliphatic carboxylic acids is 1.